The number of rotatable bonds is 8. The third kappa shape index (κ3) is 6.18. The molecule has 1 N–H and O–H groups in total. The van der Waals surface area contributed by atoms with Gasteiger partial charge in [-0.3, -0.25) is 0 Å². The van der Waals surface area contributed by atoms with Gasteiger partial charge >= 0.3 is 5.97 Å². The van der Waals surface area contributed by atoms with Crippen molar-refractivity contribution in [2.75, 3.05) is 4.90 Å². The second-order valence-electron chi connectivity index (χ2n) is 17.3. The Morgan fingerprint density at radius 1 is 0.625 bits per heavy atom. The van der Waals surface area contributed by atoms with E-state index in [1.54, 1.807) is 18.2 Å². The van der Waals surface area contributed by atoms with Gasteiger partial charge in [-0.25, -0.2) is 9.18 Å². The molecule has 2 aliphatic rings. The van der Waals surface area contributed by atoms with Crippen LogP contribution in [0.1, 0.15) is 54.8 Å². The quantitative estimate of drug-likeness (QED) is 0.121. The molecule has 0 saturated carbocycles. The number of nitriles is 1. The van der Waals surface area contributed by atoms with Gasteiger partial charge in [0.05, 0.1) is 17.3 Å². The van der Waals surface area contributed by atoms with Crippen molar-refractivity contribution in [3.05, 3.63) is 178 Å². The van der Waals surface area contributed by atoms with Crippen LogP contribution in [0.5, 0.6) is 0 Å². The largest absolute Gasteiger partial charge is 0.477 e. The predicted octanol–water partition coefficient (Wildman–Crippen LogP) is 15.0. The summed E-state index contributed by atoms with van der Waals surface area (Å²) in [6.07, 6.45) is 1.31. The van der Waals surface area contributed by atoms with Crippen molar-refractivity contribution in [2.24, 2.45) is 0 Å². The third-order valence-electron chi connectivity index (χ3n) is 12.9. The molecule has 0 saturated heterocycles. The number of hydrogen-bond donors (Lipinski definition) is 1. The van der Waals surface area contributed by atoms with Gasteiger partial charge in [0.25, 0.3) is 0 Å². The van der Waals surface area contributed by atoms with E-state index < -0.39 is 11.8 Å². The zero-order chi connectivity index (χ0) is 44.1. The standard InChI is InChI=1S/C54H37FN4O2S3/c1-53(2)41-11-7-5-9-36(41)38-20-17-33(26-43(38)53)59(34-18-21-39-37-10-6-8-12-42(37)54(3,4)44(39)27-34)32-15-13-30(14-16-32)46-23-24-48(63-46)49-45(55)28-40(50-51(49)58-64-57-50)47-22-19-35(62-47)25-31(29-56)52(60)61/h5-28H,1-4H3,(H,60,61)/b31-25+. The first-order chi connectivity index (χ1) is 30.9. The monoisotopic (exact) mass is 888 g/mol. The highest BCUT2D eigenvalue weighted by atomic mass is 32.1. The van der Waals surface area contributed by atoms with Crippen LogP contribution in [0.25, 0.3) is 70.7 Å². The molecule has 310 valence electrons. The summed E-state index contributed by atoms with van der Waals surface area (Å²) in [5, 5.41) is 18.5. The molecule has 3 aromatic heterocycles. The molecular formula is C54H37FN4O2S3. The number of thiophene rings is 2. The Morgan fingerprint density at radius 2 is 1.17 bits per heavy atom. The number of nitrogens with zero attached hydrogens (tertiary/aromatic N) is 4. The summed E-state index contributed by atoms with van der Waals surface area (Å²) in [5.41, 5.74) is 15.9. The Hall–Kier alpha value is -7.03. The first-order valence-electron chi connectivity index (χ1n) is 20.8. The van der Waals surface area contributed by atoms with Crippen molar-refractivity contribution in [3.63, 3.8) is 0 Å². The fourth-order valence-electron chi connectivity index (χ4n) is 9.70. The van der Waals surface area contributed by atoms with Crippen LogP contribution in [-0.2, 0) is 15.6 Å². The molecule has 0 aliphatic heterocycles. The lowest BCUT2D eigenvalue weighted by Crippen LogP contribution is -2.18. The van der Waals surface area contributed by atoms with Gasteiger partial charge in [0.15, 0.2) is 0 Å². The first-order valence-corrected chi connectivity index (χ1v) is 23.2. The number of aliphatic carboxylic acids is 1. The van der Waals surface area contributed by atoms with Crippen LogP contribution in [0, 0.1) is 17.1 Å². The summed E-state index contributed by atoms with van der Waals surface area (Å²) >= 11 is 3.78. The second-order valence-corrected chi connectivity index (χ2v) is 20.0. The number of halogens is 1. The summed E-state index contributed by atoms with van der Waals surface area (Å²) < 4.78 is 25.4. The summed E-state index contributed by atoms with van der Waals surface area (Å²) in [5.74, 6) is -1.73. The molecule has 11 rings (SSSR count). The highest BCUT2D eigenvalue weighted by Crippen LogP contribution is 2.53. The Bertz CT molecular complexity index is 3370. The van der Waals surface area contributed by atoms with Crippen molar-refractivity contribution in [2.45, 2.75) is 38.5 Å². The normalized spacial score (nSPS) is 14.2. The van der Waals surface area contributed by atoms with Gasteiger partial charge in [-0.2, -0.15) is 14.0 Å². The number of fused-ring (bicyclic) bond motifs is 7. The Balaban J connectivity index is 0.961. The number of carboxylic acids is 1. The maximum atomic E-state index is 16.3. The molecule has 0 radical (unpaired) electrons. The van der Waals surface area contributed by atoms with Gasteiger partial charge in [0.1, 0.15) is 28.5 Å². The molecule has 2 aliphatic carbocycles. The van der Waals surface area contributed by atoms with Crippen molar-refractivity contribution in [1.29, 1.82) is 5.26 Å². The van der Waals surface area contributed by atoms with E-state index in [4.69, 9.17) is 0 Å². The van der Waals surface area contributed by atoms with Crippen LogP contribution in [-0.4, -0.2) is 19.8 Å². The van der Waals surface area contributed by atoms with E-state index in [9.17, 15) is 15.2 Å². The minimum Gasteiger partial charge on any atom is -0.477 e. The summed E-state index contributed by atoms with van der Waals surface area (Å²) in [6, 6.07) is 50.5. The molecule has 3 heterocycles. The summed E-state index contributed by atoms with van der Waals surface area (Å²) in [4.78, 5) is 16.8. The van der Waals surface area contributed by atoms with E-state index in [-0.39, 0.29) is 16.4 Å². The number of anilines is 3. The molecule has 64 heavy (non-hydrogen) atoms. The van der Waals surface area contributed by atoms with Crippen LogP contribution < -0.4 is 4.90 Å². The summed E-state index contributed by atoms with van der Waals surface area (Å²) in [7, 11) is 0. The number of benzene rings is 6. The van der Waals surface area contributed by atoms with E-state index >= 15 is 4.39 Å². The van der Waals surface area contributed by atoms with E-state index in [0.717, 1.165) is 44.1 Å². The SMILES string of the molecule is CC1(C)c2ccccc2-c2ccc(N(c3ccc(-c4ccc(-c5c(F)cc(-c6ccc(/C=C(\C#N)C(=O)O)s6)c6nsnc56)s4)cc3)c3ccc4c(c3)C(C)(C)c3ccccc3-4)cc21. The average Bonchev–Trinajstić information content (AvgIpc) is 4.15. The molecule has 0 fully saturated rings. The lowest BCUT2D eigenvalue weighted by Gasteiger charge is -2.30. The molecule has 0 atom stereocenters. The van der Waals surface area contributed by atoms with Gasteiger partial charge < -0.3 is 10.0 Å². The minimum absolute atomic E-state index is 0.159. The molecule has 6 aromatic carbocycles. The van der Waals surface area contributed by atoms with Crippen LogP contribution in [0.2, 0.25) is 0 Å². The van der Waals surface area contributed by atoms with Crippen molar-refractivity contribution >= 4 is 74.5 Å². The molecule has 0 amide bonds. The molecule has 9 aromatic rings. The van der Waals surface area contributed by atoms with Crippen LogP contribution in [0.3, 0.4) is 0 Å². The van der Waals surface area contributed by atoms with Crippen LogP contribution >= 0.6 is 34.4 Å². The zero-order valence-electron chi connectivity index (χ0n) is 35.1. The zero-order valence-corrected chi connectivity index (χ0v) is 37.6. The molecule has 0 bridgehead atoms. The van der Waals surface area contributed by atoms with Gasteiger partial charge in [-0.1, -0.05) is 100 Å². The van der Waals surface area contributed by atoms with Crippen molar-refractivity contribution in [1.82, 2.24) is 8.75 Å². The average molecular weight is 889 g/mol. The Labute approximate surface area is 381 Å². The van der Waals surface area contributed by atoms with Gasteiger partial charge in [-0.05, 0) is 123 Å². The van der Waals surface area contributed by atoms with Crippen LogP contribution in [0.4, 0.5) is 21.5 Å². The predicted molar refractivity (Wildman–Crippen MR) is 260 cm³/mol. The smallest absolute Gasteiger partial charge is 0.346 e. The highest BCUT2D eigenvalue weighted by molar-refractivity contribution is 7.19. The van der Waals surface area contributed by atoms with E-state index in [1.807, 2.05) is 12.1 Å². The second kappa shape index (κ2) is 14.8. The van der Waals surface area contributed by atoms with Gasteiger partial charge in [-0.15, -0.1) is 22.7 Å². The molecule has 10 heteroatoms. The topological polar surface area (TPSA) is 90.1 Å². The number of hydrogen-bond acceptors (Lipinski definition) is 8. The van der Waals surface area contributed by atoms with Gasteiger partial charge in [0, 0.05) is 53.0 Å². The van der Waals surface area contributed by atoms with E-state index in [2.05, 4.69) is 151 Å². The van der Waals surface area contributed by atoms with Crippen molar-refractivity contribution in [3.8, 4) is 59.6 Å². The summed E-state index contributed by atoms with van der Waals surface area (Å²) in [6.45, 7) is 9.27. The minimum atomic E-state index is -1.30. The van der Waals surface area contributed by atoms with Crippen LogP contribution in [0.15, 0.2) is 145 Å². The fourth-order valence-corrected chi connectivity index (χ4v) is 12.3. The third-order valence-corrected chi connectivity index (χ3v) is 15.7. The van der Waals surface area contributed by atoms with E-state index in [0.29, 0.717) is 31.9 Å². The maximum Gasteiger partial charge on any atom is 0.346 e. The fraction of sp³-hybridized carbons (Fsp3) is 0.111. The molecule has 6 nitrogen and oxygen atoms in total. The Morgan fingerprint density at radius 3 is 1.78 bits per heavy atom. The Kier molecular flexibility index (Phi) is 9.19. The maximum absolute atomic E-state index is 16.3. The number of carbonyl (C=O) groups is 1. The molecule has 0 spiro atoms. The van der Waals surface area contributed by atoms with E-state index in [1.165, 1.54) is 79.3 Å². The lowest BCUT2D eigenvalue weighted by atomic mass is 9.82. The molecular weight excluding hydrogens is 852 g/mol. The van der Waals surface area contributed by atoms with Gasteiger partial charge in [0.2, 0.25) is 0 Å². The number of carboxylic acid groups (broad SMARTS) is 1. The lowest BCUT2D eigenvalue weighted by molar-refractivity contribution is -0.132. The van der Waals surface area contributed by atoms with Crippen molar-refractivity contribution < 1.29 is 14.3 Å². The highest BCUT2D eigenvalue weighted by Gasteiger charge is 2.38. The first kappa shape index (κ1) is 39.8. The molecule has 0 unspecified atom stereocenters. The number of aromatic nitrogens is 2.